The summed E-state index contributed by atoms with van der Waals surface area (Å²) >= 11 is 0. The predicted octanol–water partition coefficient (Wildman–Crippen LogP) is 1.42. The molecule has 166 valence electrons. The molecule has 0 saturated carbocycles. The van der Waals surface area contributed by atoms with E-state index in [1.165, 1.54) is 12.4 Å². The van der Waals surface area contributed by atoms with Crippen molar-refractivity contribution in [2.45, 2.75) is 31.9 Å². The summed E-state index contributed by atoms with van der Waals surface area (Å²) in [7, 11) is -3.46. The molecule has 0 bridgehead atoms. The van der Waals surface area contributed by atoms with Crippen LogP contribution in [0.2, 0.25) is 0 Å². The molecule has 10 nitrogen and oxygen atoms in total. The summed E-state index contributed by atoms with van der Waals surface area (Å²) in [6.07, 6.45) is 6.40. The first-order valence-electron chi connectivity index (χ1n) is 10.2. The summed E-state index contributed by atoms with van der Waals surface area (Å²) in [5.41, 5.74) is 1.72. The second kappa shape index (κ2) is 9.06. The number of ether oxygens (including phenoxy) is 1. The van der Waals surface area contributed by atoms with Crippen molar-refractivity contribution in [1.82, 2.24) is 24.4 Å². The minimum absolute atomic E-state index is 0.0516. The Kier molecular flexibility index (Phi) is 6.23. The quantitative estimate of drug-likeness (QED) is 0.537. The van der Waals surface area contributed by atoms with E-state index in [1.54, 1.807) is 4.57 Å². The fraction of sp³-hybridized carbons (Fsp3) is 0.450. The normalized spacial score (nSPS) is 15.9. The fourth-order valence-electron chi connectivity index (χ4n) is 3.85. The Morgan fingerprint density at radius 3 is 2.68 bits per heavy atom. The third-order valence-corrected chi connectivity index (χ3v) is 5.86. The Labute approximate surface area is 180 Å². The lowest BCUT2D eigenvalue weighted by molar-refractivity contribution is 0.0959. The number of aromatic nitrogens is 4. The van der Waals surface area contributed by atoms with E-state index in [9.17, 15) is 13.2 Å². The van der Waals surface area contributed by atoms with Crippen molar-refractivity contribution < 1.29 is 13.2 Å². The molecule has 1 fully saturated rings. The molecule has 0 spiro atoms. The van der Waals surface area contributed by atoms with E-state index in [0.29, 0.717) is 6.54 Å². The number of sulfonamides is 1. The molecule has 0 radical (unpaired) electrons. The van der Waals surface area contributed by atoms with Crippen LogP contribution in [0.1, 0.15) is 19.3 Å². The highest BCUT2D eigenvalue weighted by atomic mass is 32.2. The summed E-state index contributed by atoms with van der Waals surface area (Å²) in [5, 5.41) is 0. The maximum Gasteiger partial charge on any atom is 0.326 e. The monoisotopic (exact) mass is 446 g/mol. The SMILES string of the molecule is CS(=O)(=O)Nc1nccnc1OC1CCN(CCCn2c(=O)[nH]c3ccccc32)CC1. The third-order valence-electron chi connectivity index (χ3n) is 5.30. The van der Waals surface area contributed by atoms with Crippen molar-refractivity contribution in [1.29, 1.82) is 0 Å². The van der Waals surface area contributed by atoms with Crippen LogP contribution >= 0.6 is 0 Å². The second-order valence-electron chi connectivity index (χ2n) is 7.70. The Morgan fingerprint density at radius 1 is 1.16 bits per heavy atom. The van der Waals surface area contributed by atoms with Crippen LogP contribution in [0.25, 0.3) is 11.0 Å². The maximum atomic E-state index is 12.2. The predicted molar refractivity (Wildman–Crippen MR) is 118 cm³/mol. The molecule has 3 aromatic rings. The van der Waals surface area contributed by atoms with Crippen molar-refractivity contribution in [3.8, 4) is 5.88 Å². The van der Waals surface area contributed by atoms with Crippen molar-refractivity contribution in [3.05, 3.63) is 47.1 Å². The first kappa shape index (κ1) is 21.3. The largest absolute Gasteiger partial charge is 0.472 e. The number of para-hydroxylation sites is 2. The average Bonchev–Trinajstić information content (AvgIpc) is 3.05. The van der Waals surface area contributed by atoms with E-state index < -0.39 is 10.0 Å². The minimum Gasteiger partial charge on any atom is -0.472 e. The number of hydrogen-bond acceptors (Lipinski definition) is 7. The third kappa shape index (κ3) is 5.42. The molecule has 0 atom stereocenters. The summed E-state index contributed by atoms with van der Waals surface area (Å²) in [4.78, 5) is 25.6. The number of nitrogens with zero attached hydrogens (tertiary/aromatic N) is 4. The van der Waals surface area contributed by atoms with E-state index >= 15 is 0 Å². The summed E-state index contributed by atoms with van der Waals surface area (Å²) < 4.78 is 33.1. The standard InChI is InChI=1S/C20H26N6O4S/c1-31(28,29)24-18-19(22-10-9-21-18)30-15-7-13-25(14-8-15)11-4-12-26-17-6-3-2-5-16(17)23-20(26)27/h2-3,5-6,9-10,15H,4,7-8,11-14H2,1H3,(H,21,24)(H,23,27). The van der Waals surface area contributed by atoms with Crippen molar-refractivity contribution in [2.24, 2.45) is 0 Å². The number of aromatic amines is 1. The molecule has 0 amide bonds. The molecule has 0 aliphatic carbocycles. The summed E-state index contributed by atoms with van der Waals surface area (Å²) in [5.74, 6) is 0.307. The van der Waals surface area contributed by atoms with Gasteiger partial charge in [0.05, 0.1) is 17.3 Å². The van der Waals surface area contributed by atoms with E-state index in [4.69, 9.17) is 4.74 Å². The molecule has 1 aromatic carbocycles. The number of hydrogen-bond donors (Lipinski definition) is 2. The Balaban J connectivity index is 1.27. The highest BCUT2D eigenvalue weighted by molar-refractivity contribution is 7.92. The number of piperidine rings is 1. The average molecular weight is 447 g/mol. The molecule has 31 heavy (non-hydrogen) atoms. The van der Waals surface area contributed by atoms with Gasteiger partial charge in [0.2, 0.25) is 15.8 Å². The molecule has 0 unspecified atom stereocenters. The number of nitrogens with one attached hydrogen (secondary N) is 2. The Bertz CT molecular complexity index is 1200. The zero-order valence-corrected chi connectivity index (χ0v) is 18.1. The molecule has 1 aliphatic rings. The van der Waals surface area contributed by atoms with Gasteiger partial charge in [0.25, 0.3) is 5.88 Å². The van der Waals surface area contributed by atoms with Crippen molar-refractivity contribution in [3.63, 3.8) is 0 Å². The van der Waals surface area contributed by atoms with E-state index in [1.807, 2.05) is 24.3 Å². The summed E-state index contributed by atoms with van der Waals surface area (Å²) in [6.45, 7) is 3.29. The second-order valence-corrected chi connectivity index (χ2v) is 9.44. The molecular weight excluding hydrogens is 420 g/mol. The molecule has 1 saturated heterocycles. The van der Waals surface area contributed by atoms with Crippen LogP contribution in [-0.2, 0) is 16.6 Å². The van der Waals surface area contributed by atoms with Crippen molar-refractivity contribution >= 4 is 26.9 Å². The number of fused-ring (bicyclic) bond motifs is 1. The van der Waals surface area contributed by atoms with Gasteiger partial charge in [0.1, 0.15) is 6.10 Å². The number of anilines is 1. The smallest absolute Gasteiger partial charge is 0.326 e. The lowest BCUT2D eigenvalue weighted by atomic mass is 10.1. The highest BCUT2D eigenvalue weighted by Crippen LogP contribution is 2.23. The number of benzene rings is 1. The molecule has 4 rings (SSSR count). The molecule has 3 heterocycles. The van der Waals surface area contributed by atoms with Gasteiger partial charge >= 0.3 is 5.69 Å². The van der Waals surface area contributed by atoms with Gasteiger partial charge < -0.3 is 14.6 Å². The Hall–Kier alpha value is -2.92. The molecule has 1 aliphatic heterocycles. The maximum absolute atomic E-state index is 12.2. The number of H-pyrrole nitrogens is 1. The highest BCUT2D eigenvalue weighted by Gasteiger charge is 2.22. The van der Waals surface area contributed by atoms with Gasteiger partial charge in [-0.2, -0.15) is 0 Å². The topological polar surface area (TPSA) is 122 Å². The van der Waals surface area contributed by atoms with Gasteiger partial charge in [-0.15, -0.1) is 0 Å². The van der Waals surface area contributed by atoms with Gasteiger partial charge in [-0.1, -0.05) is 12.1 Å². The van der Waals surface area contributed by atoms with E-state index in [2.05, 4.69) is 24.6 Å². The molecule has 11 heteroatoms. The van der Waals surface area contributed by atoms with Crippen LogP contribution in [0.3, 0.4) is 0 Å². The lowest BCUT2D eigenvalue weighted by Gasteiger charge is -2.32. The van der Waals surface area contributed by atoms with Gasteiger partial charge in [0.15, 0.2) is 0 Å². The van der Waals surface area contributed by atoms with Gasteiger partial charge in [0, 0.05) is 32.0 Å². The van der Waals surface area contributed by atoms with Gasteiger partial charge in [-0.05, 0) is 37.9 Å². The minimum atomic E-state index is -3.46. The number of rotatable bonds is 8. The van der Waals surface area contributed by atoms with Gasteiger partial charge in [-0.3, -0.25) is 9.29 Å². The van der Waals surface area contributed by atoms with E-state index in [0.717, 1.165) is 56.2 Å². The van der Waals surface area contributed by atoms with E-state index in [-0.39, 0.29) is 23.5 Å². The van der Waals surface area contributed by atoms with Crippen LogP contribution in [0.15, 0.2) is 41.5 Å². The zero-order valence-electron chi connectivity index (χ0n) is 17.3. The first-order chi connectivity index (χ1) is 14.9. The molecular formula is C20H26N6O4S. The Morgan fingerprint density at radius 2 is 1.90 bits per heavy atom. The molecule has 2 N–H and O–H groups in total. The number of likely N-dealkylation sites (tertiary alicyclic amines) is 1. The van der Waals surface area contributed by atoms with Crippen molar-refractivity contribution in [2.75, 3.05) is 30.6 Å². The van der Waals surface area contributed by atoms with Crippen LogP contribution in [0.5, 0.6) is 5.88 Å². The van der Waals surface area contributed by atoms with Crippen LogP contribution in [-0.4, -0.2) is 64.8 Å². The van der Waals surface area contributed by atoms with Gasteiger partial charge in [-0.25, -0.2) is 23.2 Å². The number of aryl methyl sites for hydroxylation is 1. The van der Waals surface area contributed by atoms with Crippen LogP contribution < -0.4 is 15.1 Å². The fourth-order valence-corrected chi connectivity index (χ4v) is 4.34. The molecule has 2 aromatic heterocycles. The summed E-state index contributed by atoms with van der Waals surface area (Å²) in [6, 6.07) is 7.71. The number of imidazole rings is 1. The van der Waals surface area contributed by atoms with Crippen LogP contribution in [0.4, 0.5) is 5.82 Å². The zero-order chi connectivity index (χ0) is 21.8. The first-order valence-corrected chi connectivity index (χ1v) is 12.1. The van der Waals surface area contributed by atoms with Crippen LogP contribution in [0, 0.1) is 0 Å². The lowest BCUT2D eigenvalue weighted by Crippen LogP contribution is -2.39.